The molecule has 2 aromatic rings. The third-order valence-corrected chi connectivity index (χ3v) is 3.16. The highest BCUT2D eigenvalue weighted by Gasteiger charge is 2.17. The Balaban J connectivity index is 3.00. The lowest BCUT2D eigenvalue weighted by atomic mass is 10.1. The lowest BCUT2D eigenvalue weighted by Gasteiger charge is -2.02. The third kappa shape index (κ3) is 1.13. The number of thiophene rings is 1. The van der Waals surface area contributed by atoms with Gasteiger partial charge >= 0.3 is 0 Å². The van der Waals surface area contributed by atoms with Gasteiger partial charge in [-0.3, -0.25) is 0 Å². The van der Waals surface area contributed by atoms with E-state index in [1.54, 1.807) is 0 Å². The van der Waals surface area contributed by atoms with Crippen LogP contribution >= 0.6 is 11.3 Å². The van der Waals surface area contributed by atoms with Gasteiger partial charge in [-0.25, -0.2) is 4.98 Å². The molecule has 78 valence electrons. The number of nitrogens with zero attached hydrogens (tertiary/aromatic N) is 3. The van der Waals surface area contributed by atoms with Crippen LogP contribution in [0.5, 0.6) is 0 Å². The smallest absolute Gasteiger partial charge is 0.145 e. The summed E-state index contributed by atoms with van der Waals surface area (Å²) >= 11 is 1.10. The second-order valence-corrected chi connectivity index (χ2v) is 4.03. The van der Waals surface area contributed by atoms with Crippen molar-refractivity contribution < 1.29 is 0 Å². The number of aromatic nitrogens is 1. The normalized spacial score (nSPS) is 9.88. The zero-order valence-electron chi connectivity index (χ0n) is 7.98. The Hall–Kier alpha value is -2.51. The Morgan fingerprint density at radius 1 is 1.06 bits per heavy atom. The molecule has 6 nitrogen and oxygen atoms in total. The fourth-order valence-electron chi connectivity index (χ4n) is 1.40. The van der Waals surface area contributed by atoms with Gasteiger partial charge in [0.2, 0.25) is 0 Å². The van der Waals surface area contributed by atoms with Crippen molar-refractivity contribution in [3.63, 3.8) is 0 Å². The second-order valence-electron chi connectivity index (χ2n) is 3.03. The summed E-state index contributed by atoms with van der Waals surface area (Å²) in [7, 11) is 0. The van der Waals surface area contributed by atoms with Gasteiger partial charge in [0.25, 0.3) is 0 Å². The largest absolute Gasteiger partial charge is 0.397 e. The summed E-state index contributed by atoms with van der Waals surface area (Å²) in [5.74, 6) is 0.0539. The average Bonchev–Trinajstić information content (AvgIpc) is 2.55. The lowest BCUT2D eigenvalue weighted by Crippen LogP contribution is -2.01. The molecule has 0 radical (unpaired) electrons. The molecule has 0 fully saturated rings. The first-order chi connectivity index (χ1) is 7.60. The van der Waals surface area contributed by atoms with Crippen LogP contribution in [0.1, 0.15) is 10.4 Å². The number of anilines is 3. The number of fused-ring (bicyclic) bond motifs is 1. The third-order valence-electron chi connectivity index (χ3n) is 2.16. The number of rotatable bonds is 0. The van der Waals surface area contributed by atoms with E-state index in [-0.39, 0.29) is 22.8 Å². The highest BCUT2D eigenvalue weighted by atomic mass is 32.1. The first kappa shape index (κ1) is 10.0. The molecule has 0 atom stereocenters. The SMILES string of the molecule is N#Cc1sc2nc(N)c(C#N)c(N)c2c1N. The van der Waals surface area contributed by atoms with Crippen LogP contribution < -0.4 is 17.2 Å². The molecule has 6 N–H and O–H groups in total. The van der Waals surface area contributed by atoms with Crippen molar-refractivity contribution in [3.8, 4) is 12.1 Å². The van der Waals surface area contributed by atoms with E-state index in [4.69, 9.17) is 27.7 Å². The molecule has 0 unspecified atom stereocenters. The Kier molecular flexibility index (Phi) is 2.04. The molecule has 0 aliphatic carbocycles. The number of nitriles is 2. The molecule has 0 aliphatic rings. The number of pyridine rings is 1. The summed E-state index contributed by atoms with van der Waals surface area (Å²) in [5, 5.41) is 18.1. The van der Waals surface area contributed by atoms with Crippen LogP contribution in [0.15, 0.2) is 0 Å². The monoisotopic (exact) mass is 230 g/mol. The minimum atomic E-state index is 0.0539. The quantitative estimate of drug-likeness (QED) is 0.611. The summed E-state index contributed by atoms with van der Waals surface area (Å²) < 4.78 is 0. The predicted octanol–water partition coefficient (Wildman–Crippen LogP) is 0.786. The summed E-state index contributed by atoms with van der Waals surface area (Å²) in [6.07, 6.45) is 0. The van der Waals surface area contributed by atoms with Gasteiger partial charge in [0.15, 0.2) is 0 Å². The maximum Gasteiger partial charge on any atom is 0.145 e. The van der Waals surface area contributed by atoms with Crippen LogP contribution in [0.4, 0.5) is 17.2 Å². The first-order valence-electron chi connectivity index (χ1n) is 4.17. The zero-order chi connectivity index (χ0) is 11.9. The van der Waals surface area contributed by atoms with Crippen LogP contribution in [0.3, 0.4) is 0 Å². The Bertz CT molecular complexity index is 672. The van der Waals surface area contributed by atoms with Crippen molar-refractivity contribution in [1.82, 2.24) is 4.98 Å². The summed E-state index contributed by atoms with van der Waals surface area (Å²) in [4.78, 5) is 4.80. The van der Waals surface area contributed by atoms with Gasteiger partial charge < -0.3 is 17.2 Å². The van der Waals surface area contributed by atoms with Crippen molar-refractivity contribution in [1.29, 1.82) is 10.5 Å². The van der Waals surface area contributed by atoms with E-state index < -0.39 is 0 Å². The number of nitrogen functional groups attached to an aromatic ring is 3. The maximum absolute atomic E-state index is 8.86. The van der Waals surface area contributed by atoms with E-state index in [0.29, 0.717) is 15.1 Å². The molecule has 0 aliphatic heterocycles. The van der Waals surface area contributed by atoms with Gasteiger partial charge in [-0.1, -0.05) is 0 Å². The van der Waals surface area contributed by atoms with E-state index in [1.165, 1.54) is 0 Å². The molecular weight excluding hydrogens is 224 g/mol. The van der Waals surface area contributed by atoms with Crippen LogP contribution in [0.25, 0.3) is 10.2 Å². The Morgan fingerprint density at radius 3 is 2.31 bits per heavy atom. The molecule has 16 heavy (non-hydrogen) atoms. The van der Waals surface area contributed by atoms with E-state index in [2.05, 4.69) is 4.98 Å². The second kappa shape index (κ2) is 3.26. The van der Waals surface area contributed by atoms with E-state index in [1.807, 2.05) is 12.1 Å². The molecule has 2 heterocycles. The molecule has 0 bridgehead atoms. The van der Waals surface area contributed by atoms with Gasteiger partial charge in [-0.05, 0) is 0 Å². The minimum Gasteiger partial charge on any atom is -0.397 e. The Morgan fingerprint density at radius 2 is 1.75 bits per heavy atom. The topological polar surface area (TPSA) is 139 Å². The van der Waals surface area contributed by atoms with Gasteiger partial charge in [-0.2, -0.15) is 10.5 Å². The van der Waals surface area contributed by atoms with Crippen LogP contribution in [-0.4, -0.2) is 4.98 Å². The van der Waals surface area contributed by atoms with Crippen molar-refractivity contribution in [3.05, 3.63) is 10.4 Å². The van der Waals surface area contributed by atoms with Gasteiger partial charge in [0.1, 0.15) is 33.2 Å². The standard InChI is InChI=1S/C9H6N6S/c10-1-3-6(12)5-7(13)4(2-11)16-9(5)15-8(3)14/h13H2,(H4,12,14,15). The van der Waals surface area contributed by atoms with E-state index >= 15 is 0 Å². The zero-order valence-corrected chi connectivity index (χ0v) is 8.80. The van der Waals surface area contributed by atoms with Crippen molar-refractivity contribution in [2.75, 3.05) is 17.2 Å². The van der Waals surface area contributed by atoms with Crippen molar-refractivity contribution in [2.24, 2.45) is 0 Å². The molecular formula is C9H6N6S. The van der Waals surface area contributed by atoms with Gasteiger partial charge in [-0.15, -0.1) is 11.3 Å². The van der Waals surface area contributed by atoms with Crippen LogP contribution in [-0.2, 0) is 0 Å². The molecule has 2 aromatic heterocycles. The molecule has 0 saturated heterocycles. The molecule has 0 aromatic carbocycles. The fraction of sp³-hybridized carbons (Fsp3) is 0. The highest BCUT2D eigenvalue weighted by Crippen LogP contribution is 2.38. The highest BCUT2D eigenvalue weighted by molar-refractivity contribution is 7.20. The molecule has 0 saturated carbocycles. The number of nitrogens with two attached hydrogens (primary N) is 3. The first-order valence-corrected chi connectivity index (χ1v) is 4.99. The fourth-order valence-corrected chi connectivity index (χ4v) is 2.32. The summed E-state index contributed by atoms with van der Waals surface area (Å²) in [6, 6.07) is 3.81. The molecule has 2 rings (SSSR count). The lowest BCUT2D eigenvalue weighted by molar-refractivity contribution is 1.40. The molecule has 0 spiro atoms. The maximum atomic E-state index is 8.86. The van der Waals surface area contributed by atoms with E-state index in [0.717, 1.165) is 11.3 Å². The van der Waals surface area contributed by atoms with Crippen LogP contribution in [0, 0.1) is 22.7 Å². The van der Waals surface area contributed by atoms with Crippen LogP contribution in [0.2, 0.25) is 0 Å². The molecule has 0 amide bonds. The molecule has 7 heteroatoms. The minimum absolute atomic E-state index is 0.0539. The average molecular weight is 230 g/mol. The predicted molar refractivity (Wildman–Crippen MR) is 62.3 cm³/mol. The van der Waals surface area contributed by atoms with Crippen molar-refractivity contribution >= 4 is 38.7 Å². The van der Waals surface area contributed by atoms with Crippen molar-refractivity contribution in [2.45, 2.75) is 0 Å². The number of hydrogen-bond donors (Lipinski definition) is 3. The Labute approximate surface area is 94.5 Å². The number of hydrogen-bond acceptors (Lipinski definition) is 7. The van der Waals surface area contributed by atoms with Gasteiger partial charge in [0.05, 0.1) is 16.8 Å². The van der Waals surface area contributed by atoms with E-state index in [9.17, 15) is 0 Å². The summed E-state index contributed by atoms with van der Waals surface area (Å²) in [5.41, 5.74) is 17.6. The van der Waals surface area contributed by atoms with Gasteiger partial charge in [0, 0.05) is 0 Å². The summed E-state index contributed by atoms with van der Waals surface area (Å²) in [6.45, 7) is 0.